The van der Waals surface area contributed by atoms with Crippen LogP contribution in [0.15, 0.2) is 66.9 Å². The standard InChI is InChI=1S/C22H19FN4O3/c1-14(28)25-17-8-5-15(6-9-17)12-21(29)26-20-13-16(23)7-10-18(20)27-22(30)19-4-2-3-11-24-19/h2-11,13H,12H2,1H3,(H,25,28)(H,26,29)(H,27,30). The number of carbonyl (C=O) groups excluding carboxylic acids is 3. The number of halogens is 1. The second-order valence-corrected chi connectivity index (χ2v) is 6.46. The Morgan fingerprint density at radius 1 is 0.900 bits per heavy atom. The molecule has 7 nitrogen and oxygen atoms in total. The molecule has 0 atom stereocenters. The van der Waals surface area contributed by atoms with Crippen molar-refractivity contribution in [1.82, 2.24) is 4.98 Å². The summed E-state index contributed by atoms with van der Waals surface area (Å²) in [4.78, 5) is 39.8. The predicted molar refractivity (Wildman–Crippen MR) is 112 cm³/mol. The van der Waals surface area contributed by atoms with E-state index in [2.05, 4.69) is 20.9 Å². The quantitative estimate of drug-likeness (QED) is 0.582. The third-order valence-electron chi connectivity index (χ3n) is 4.04. The van der Waals surface area contributed by atoms with Crippen molar-refractivity contribution in [2.75, 3.05) is 16.0 Å². The van der Waals surface area contributed by atoms with E-state index in [1.807, 2.05) is 0 Å². The minimum absolute atomic E-state index is 0.0322. The first-order valence-electron chi connectivity index (χ1n) is 9.09. The molecule has 30 heavy (non-hydrogen) atoms. The van der Waals surface area contributed by atoms with Gasteiger partial charge in [-0.3, -0.25) is 19.4 Å². The van der Waals surface area contributed by atoms with Gasteiger partial charge in [-0.15, -0.1) is 0 Å². The lowest BCUT2D eigenvalue weighted by molar-refractivity contribution is -0.116. The summed E-state index contributed by atoms with van der Waals surface area (Å²) in [5.74, 6) is -1.61. The summed E-state index contributed by atoms with van der Waals surface area (Å²) in [6.07, 6.45) is 1.52. The van der Waals surface area contributed by atoms with E-state index in [0.717, 1.165) is 6.07 Å². The second kappa shape index (κ2) is 9.42. The van der Waals surface area contributed by atoms with Crippen molar-refractivity contribution in [3.8, 4) is 0 Å². The fraction of sp³-hybridized carbons (Fsp3) is 0.0909. The van der Waals surface area contributed by atoms with Crippen molar-refractivity contribution in [2.45, 2.75) is 13.3 Å². The minimum Gasteiger partial charge on any atom is -0.326 e. The number of anilines is 3. The van der Waals surface area contributed by atoms with E-state index in [4.69, 9.17) is 0 Å². The molecule has 1 aromatic heterocycles. The molecule has 0 unspecified atom stereocenters. The van der Waals surface area contributed by atoms with E-state index >= 15 is 0 Å². The third-order valence-corrected chi connectivity index (χ3v) is 4.04. The van der Waals surface area contributed by atoms with Gasteiger partial charge in [0.1, 0.15) is 11.5 Å². The van der Waals surface area contributed by atoms with Gasteiger partial charge in [0.25, 0.3) is 5.91 Å². The summed E-state index contributed by atoms with van der Waals surface area (Å²) >= 11 is 0. The normalized spacial score (nSPS) is 10.2. The van der Waals surface area contributed by atoms with Gasteiger partial charge >= 0.3 is 0 Å². The number of hydrogen-bond donors (Lipinski definition) is 3. The molecule has 1 heterocycles. The molecule has 0 radical (unpaired) electrons. The Labute approximate surface area is 172 Å². The molecule has 0 fully saturated rings. The van der Waals surface area contributed by atoms with E-state index in [-0.39, 0.29) is 35.3 Å². The van der Waals surface area contributed by atoms with Crippen molar-refractivity contribution in [1.29, 1.82) is 0 Å². The highest BCUT2D eigenvalue weighted by atomic mass is 19.1. The summed E-state index contributed by atoms with van der Waals surface area (Å²) in [7, 11) is 0. The molecule has 152 valence electrons. The molecule has 3 rings (SSSR count). The van der Waals surface area contributed by atoms with Crippen molar-refractivity contribution in [2.24, 2.45) is 0 Å². The van der Waals surface area contributed by atoms with Gasteiger partial charge in [-0.05, 0) is 48.0 Å². The van der Waals surface area contributed by atoms with E-state index in [1.54, 1.807) is 42.5 Å². The molecule has 0 saturated heterocycles. The molecule has 0 spiro atoms. The average Bonchev–Trinajstić information content (AvgIpc) is 2.71. The number of nitrogens with zero attached hydrogens (tertiary/aromatic N) is 1. The van der Waals surface area contributed by atoms with Crippen LogP contribution in [0.2, 0.25) is 0 Å². The number of aromatic nitrogens is 1. The molecular formula is C22H19FN4O3. The summed E-state index contributed by atoms with van der Waals surface area (Å²) in [5.41, 5.74) is 1.91. The van der Waals surface area contributed by atoms with Crippen molar-refractivity contribution < 1.29 is 18.8 Å². The Morgan fingerprint density at radius 2 is 1.67 bits per heavy atom. The van der Waals surface area contributed by atoms with Crippen molar-refractivity contribution in [3.05, 3.63) is 83.9 Å². The highest BCUT2D eigenvalue weighted by Gasteiger charge is 2.13. The predicted octanol–water partition coefficient (Wildman–Crippen LogP) is 3.61. The molecule has 2 aromatic carbocycles. The lowest BCUT2D eigenvalue weighted by Gasteiger charge is -2.13. The maximum Gasteiger partial charge on any atom is 0.274 e. The molecular weight excluding hydrogens is 387 g/mol. The summed E-state index contributed by atoms with van der Waals surface area (Å²) in [6, 6.07) is 15.4. The molecule has 3 N–H and O–H groups in total. The van der Waals surface area contributed by atoms with Gasteiger partial charge in [0.05, 0.1) is 17.8 Å². The molecule has 3 amide bonds. The summed E-state index contributed by atoms with van der Waals surface area (Å²) in [6.45, 7) is 1.41. The van der Waals surface area contributed by atoms with Crippen LogP contribution in [0.1, 0.15) is 23.0 Å². The van der Waals surface area contributed by atoms with Gasteiger partial charge in [0.15, 0.2) is 0 Å². The number of nitrogens with one attached hydrogen (secondary N) is 3. The van der Waals surface area contributed by atoms with Crippen LogP contribution >= 0.6 is 0 Å². The maximum atomic E-state index is 13.7. The fourth-order valence-electron chi connectivity index (χ4n) is 2.70. The lowest BCUT2D eigenvalue weighted by Crippen LogP contribution is -2.18. The van der Waals surface area contributed by atoms with Crippen LogP contribution in [-0.4, -0.2) is 22.7 Å². The SMILES string of the molecule is CC(=O)Nc1ccc(CC(=O)Nc2cc(F)ccc2NC(=O)c2ccccn2)cc1. The smallest absolute Gasteiger partial charge is 0.274 e. The summed E-state index contributed by atoms with van der Waals surface area (Å²) < 4.78 is 13.7. The number of rotatable bonds is 6. The van der Waals surface area contributed by atoms with E-state index in [0.29, 0.717) is 11.3 Å². The topological polar surface area (TPSA) is 100 Å². The number of pyridine rings is 1. The highest BCUT2D eigenvalue weighted by Crippen LogP contribution is 2.24. The van der Waals surface area contributed by atoms with E-state index in [1.165, 1.54) is 25.3 Å². The number of carbonyl (C=O) groups is 3. The Morgan fingerprint density at radius 3 is 2.33 bits per heavy atom. The third kappa shape index (κ3) is 5.71. The van der Waals surface area contributed by atoms with Gasteiger partial charge in [0, 0.05) is 18.8 Å². The summed E-state index contributed by atoms with van der Waals surface area (Å²) in [5, 5.41) is 7.89. The van der Waals surface area contributed by atoms with Crippen molar-refractivity contribution in [3.63, 3.8) is 0 Å². The zero-order valence-electron chi connectivity index (χ0n) is 16.1. The Kier molecular flexibility index (Phi) is 6.49. The number of benzene rings is 2. The Bertz CT molecular complexity index is 1070. The van der Waals surface area contributed by atoms with Crippen LogP contribution in [0.4, 0.5) is 21.5 Å². The first-order chi connectivity index (χ1) is 14.4. The van der Waals surface area contributed by atoms with Gasteiger partial charge in [-0.1, -0.05) is 18.2 Å². The van der Waals surface area contributed by atoms with Crippen LogP contribution in [0, 0.1) is 5.82 Å². The van der Waals surface area contributed by atoms with Crippen molar-refractivity contribution >= 4 is 34.8 Å². The molecule has 0 bridgehead atoms. The Balaban J connectivity index is 1.69. The zero-order valence-corrected chi connectivity index (χ0v) is 16.1. The first kappa shape index (κ1) is 20.7. The van der Waals surface area contributed by atoms with Crippen LogP contribution in [-0.2, 0) is 16.0 Å². The second-order valence-electron chi connectivity index (χ2n) is 6.46. The monoisotopic (exact) mass is 406 g/mol. The van der Waals surface area contributed by atoms with Crippen LogP contribution in [0.3, 0.4) is 0 Å². The van der Waals surface area contributed by atoms with Crippen LogP contribution in [0.25, 0.3) is 0 Å². The zero-order chi connectivity index (χ0) is 21.5. The maximum absolute atomic E-state index is 13.7. The highest BCUT2D eigenvalue weighted by molar-refractivity contribution is 6.06. The van der Waals surface area contributed by atoms with Gasteiger partial charge in [-0.25, -0.2) is 4.39 Å². The molecule has 8 heteroatoms. The van der Waals surface area contributed by atoms with Gasteiger partial charge in [0.2, 0.25) is 11.8 Å². The largest absolute Gasteiger partial charge is 0.326 e. The number of hydrogen-bond acceptors (Lipinski definition) is 4. The molecule has 0 saturated carbocycles. The molecule has 0 aliphatic carbocycles. The fourth-order valence-corrected chi connectivity index (χ4v) is 2.70. The lowest BCUT2D eigenvalue weighted by atomic mass is 10.1. The van der Waals surface area contributed by atoms with Crippen LogP contribution < -0.4 is 16.0 Å². The Hall–Kier alpha value is -4.07. The van der Waals surface area contributed by atoms with E-state index < -0.39 is 11.7 Å². The van der Waals surface area contributed by atoms with E-state index in [9.17, 15) is 18.8 Å². The average molecular weight is 406 g/mol. The van der Waals surface area contributed by atoms with Gasteiger partial charge in [-0.2, -0.15) is 0 Å². The first-order valence-corrected chi connectivity index (χ1v) is 9.09. The van der Waals surface area contributed by atoms with Crippen LogP contribution in [0.5, 0.6) is 0 Å². The molecule has 0 aliphatic heterocycles. The van der Waals surface area contributed by atoms with Gasteiger partial charge < -0.3 is 16.0 Å². The number of amides is 3. The minimum atomic E-state index is -0.555. The molecule has 3 aromatic rings. The molecule has 0 aliphatic rings.